The van der Waals surface area contributed by atoms with Crippen LogP contribution in [0.3, 0.4) is 0 Å². The van der Waals surface area contributed by atoms with Gasteiger partial charge in [-0.1, -0.05) is 55.3 Å². The Hall–Kier alpha value is -1.58. The van der Waals surface area contributed by atoms with Crippen molar-refractivity contribution in [1.82, 2.24) is 10.6 Å². The lowest BCUT2D eigenvalue weighted by Crippen LogP contribution is -2.42. The SMILES string of the molecule is Cl.O=C(NCc1cccc2ccccc12)C1CC2CCCCC2N1. The van der Waals surface area contributed by atoms with Gasteiger partial charge >= 0.3 is 0 Å². The molecule has 1 saturated heterocycles. The van der Waals surface area contributed by atoms with Crippen molar-refractivity contribution in [3.63, 3.8) is 0 Å². The number of carbonyl (C=O) groups is 1. The fraction of sp³-hybridized carbons (Fsp3) is 0.450. The first-order valence-electron chi connectivity index (χ1n) is 8.81. The molecule has 2 aliphatic rings. The van der Waals surface area contributed by atoms with Gasteiger partial charge in [0.1, 0.15) is 0 Å². The normalized spacial score (nSPS) is 25.8. The van der Waals surface area contributed by atoms with Crippen LogP contribution in [0.1, 0.15) is 37.7 Å². The minimum Gasteiger partial charge on any atom is -0.351 e. The molecule has 0 spiro atoms. The lowest BCUT2D eigenvalue weighted by atomic mass is 9.85. The maximum atomic E-state index is 12.5. The Morgan fingerprint density at radius 3 is 2.75 bits per heavy atom. The van der Waals surface area contributed by atoms with Gasteiger partial charge in [0.2, 0.25) is 5.91 Å². The van der Waals surface area contributed by atoms with Crippen LogP contribution in [0, 0.1) is 5.92 Å². The summed E-state index contributed by atoms with van der Waals surface area (Å²) in [4.78, 5) is 12.5. The number of halogens is 1. The third-order valence-electron chi connectivity index (χ3n) is 5.51. The fourth-order valence-corrected chi connectivity index (χ4v) is 4.27. The van der Waals surface area contributed by atoms with E-state index < -0.39 is 0 Å². The topological polar surface area (TPSA) is 41.1 Å². The highest BCUT2D eigenvalue weighted by Crippen LogP contribution is 2.33. The van der Waals surface area contributed by atoms with Gasteiger partial charge in [-0.2, -0.15) is 0 Å². The largest absolute Gasteiger partial charge is 0.351 e. The zero-order valence-electron chi connectivity index (χ0n) is 13.8. The predicted molar refractivity (Wildman–Crippen MR) is 100 cm³/mol. The molecule has 1 saturated carbocycles. The van der Waals surface area contributed by atoms with E-state index in [0.29, 0.717) is 18.5 Å². The second kappa shape index (κ2) is 7.54. The molecule has 2 N–H and O–H groups in total. The van der Waals surface area contributed by atoms with E-state index in [4.69, 9.17) is 0 Å². The molecule has 2 aromatic rings. The van der Waals surface area contributed by atoms with Crippen LogP contribution >= 0.6 is 12.4 Å². The van der Waals surface area contributed by atoms with Gasteiger partial charge in [-0.25, -0.2) is 0 Å². The van der Waals surface area contributed by atoms with Crippen molar-refractivity contribution in [1.29, 1.82) is 0 Å². The van der Waals surface area contributed by atoms with Gasteiger partial charge in [0, 0.05) is 12.6 Å². The standard InChI is InChI=1S/C20H24N2O.ClH/c23-20(19-12-15-7-2-4-11-18(15)22-19)21-13-16-9-5-8-14-6-1-3-10-17(14)16;/h1,3,5-6,8-10,15,18-19,22H,2,4,7,11-13H2,(H,21,23);1H. The molecule has 1 aliphatic carbocycles. The van der Waals surface area contributed by atoms with E-state index in [1.807, 2.05) is 0 Å². The van der Waals surface area contributed by atoms with Crippen molar-refractivity contribution < 1.29 is 4.79 Å². The van der Waals surface area contributed by atoms with Crippen molar-refractivity contribution in [3.05, 3.63) is 48.0 Å². The maximum absolute atomic E-state index is 12.5. The molecule has 1 heterocycles. The van der Waals surface area contributed by atoms with Gasteiger partial charge in [0.25, 0.3) is 0 Å². The number of rotatable bonds is 3. The van der Waals surface area contributed by atoms with E-state index in [2.05, 4.69) is 53.1 Å². The van der Waals surface area contributed by atoms with Gasteiger partial charge in [-0.15, -0.1) is 12.4 Å². The highest BCUT2D eigenvalue weighted by atomic mass is 35.5. The molecule has 1 amide bonds. The summed E-state index contributed by atoms with van der Waals surface area (Å²) >= 11 is 0. The number of carbonyl (C=O) groups excluding carboxylic acids is 1. The van der Waals surface area contributed by atoms with Crippen molar-refractivity contribution in [2.24, 2.45) is 5.92 Å². The predicted octanol–water partition coefficient (Wildman–Crippen LogP) is 3.80. The third-order valence-corrected chi connectivity index (χ3v) is 5.51. The van der Waals surface area contributed by atoms with E-state index in [1.54, 1.807) is 0 Å². The summed E-state index contributed by atoms with van der Waals surface area (Å²) in [7, 11) is 0. The molecule has 3 nitrogen and oxygen atoms in total. The van der Waals surface area contributed by atoms with E-state index in [1.165, 1.54) is 42.0 Å². The van der Waals surface area contributed by atoms with E-state index in [-0.39, 0.29) is 24.4 Å². The zero-order valence-corrected chi connectivity index (χ0v) is 14.6. The molecule has 1 aliphatic heterocycles. The minimum absolute atomic E-state index is 0. The summed E-state index contributed by atoms with van der Waals surface area (Å²) in [6.45, 7) is 0.605. The molecule has 24 heavy (non-hydrogen) atoms. The van der Waals surface area contributed by atoms with Crippen LogP contribution in [0.5, 0.6) is 0 Å². The lowest BCUT2D eigenvalue weighted by Gasteiger charge is -2.24. The minimum atomic E-state index is -0.00178. The van der Waals surface area contributed by atoms with Gasteiger partial charge in [0.05, 0.1) is 6.04 Å². The molecular weight excluding hydrogens is 320 g/mol. The second-order valence-corrected chi connectivity index (χ2v) is 6.96. The highest BCUT2D eigenvalue weighted by molar-refractivity contribution is 5.87. The van der Waals surface area contributed by atoms with E-state index in [0.717, 1.165) is 6.42 Å². The molecule has 4 heteroatoms. The zero-order chi connectivity index (χ0) is 15.6. The Bertz CT molecular complexity index is 698. The Balaban J connectivity index is 0.00000169. The number of amides is 1. The Morgan fingerprint density at radius 1 is 1.08 bits per heavy atom. The summed E-state index contributed by atoms with van der Waals surface area (Å²) < 4.78 is 0. The summed E-state index contributed by atoms with van der Waals surface area (Å²) in [5.41, 5.74) is 1.19. The van der Waals surface area contributed by atoms with E-state index >= 15 is 0 Å². The molecule has 0 aromatic heterocycles. The average molecular weight is 345 g/mol. The fourth-order valence-electron chi connectivity index (χ4n) is 4.27. The molecule has 0 bridgehead atoms. The Kier molecular flexibility index (Phi) is 5.42. The first-order chi connectivity index (χ1) is 11.3. The quantitative estimate of drug-likeness (QED) is 0.889. The number of hydrogen-bond acceptors (Lipinski definition) is 2. The lowest BCUT2D eigenvalue weighted by molar-refractivity contribution is -0.123. The highest BCUT2D eigenvalue weighted by Gasteiger charge is 2.37. The van der Waals surface area contributed by atoms with Crippen molar-refractivity contribution in [2.75, 3.05) is 0 Å². The van der Waals surface area contributed by atoms with Crippen molar-refractivity contribution >= 4 is 29.1 Å². The number of fused-ring (bicyclic) bond motifs is 2. The van der Waals surface area contributed by atoms with Gasteiger partial charge < -0.3 is 10.6 Å². The number of nitrogens with one attached hydrogen (secondary N) is 2. The smallest absolute Gasteiger partial charge is 0.237 e. The van der Waals surface area contributed by atoms with Crippen molar-refractivity contribution in [2.45, 2.75) is 50.7 Å². The van der Waals surface area contributed by atoms with E-state index in [9.17, 15) is 4.79 Å². The summed E-state index contributed by atoms with van der Waals surface area (Å²) in [5.74, 6) is 0.865. The van der Waals surface area contributed by atoms with Crippen LogP contribution in [0.15, 0.2) is 42.5 Å². The molecular formula is C20H25ClN2O. The van der Waals surface area contributed by atoms with Crippen molar-refractivity contribution in [3.8, 4) is 0 Å². The molecule has 4 rings (SSSR count). The average Bonchev–Trinajstić information content (AvgIpc) is 3.04. The molecule has 3 unspecified atom stereocenters. The molecule has 2 fully saturated rings. The van der Waals surface area contributed by atoms with Crippen LogP contribution in [-0.4, -0.2) is 18.0 Å². The van der Waals surface area contributed by atoms with Crippen LogP contribution in [0.25, 0.3) is 10.8 Å². The first kappa shape index (κ1) is 17.2. The van der Waals surface area contributed by atoms with Crippen LogP contribution in [0.4, 0.5) is 0 Å². The maximum Gasteiger partial charge on any atom is 0.237 e. The van der Waals surface area contributed by atoms with Crippen LogP contribution in [0.2, 0.25) is 0 Å². The summed E-state index contributed by atoms with van der Waals surface area (Å²) in [6, 6.07) is 15.2. The molecule has 2 aromatic carbocycles. The van der Waals surface area contributed by atoms with Gasteiger partial charge in [-0.05, 0) is 41.5 Å². The second-order valence-electron chi connectivity index (χ2n) is 6.96. The Morgan fingerprint density at radius 2 is 1.88 bits per heavy atom. The molecule has 0 radical (unpaired) electrons. The molecule has 3 atom stereocenters. The number of hydrogen-bond donors (Lipinski definition) is 2. The summed E-state index contributed by atoms with van der Waals surface area (Å²) in [5, 5.41) is 9.15. The molecule has 128 valence electrons. The third kappa shape index (κ3) is 3.42. The monoisotopic (exact) mass is 344 g/mol. The van der Waals surface area contributed by atoms with Gasteiger partial charge in [-0.3, -0.25) is 4.79 Å². The first-order valence-corrected chi connectivity index (χ1v) is 8.81. The number of benzene rings is 2. The van der Waals surface area contributed by atoms with Gasteiger partial charge in [0.15, 0.2) is 0 Å². The van der Waals surface area contributed by atoms with Crippen LogP contribution < -0.4 is 10.6 Å². The van der Waals surface area contributed by atoms with Crippen LogP contribution in [-0.2, 0) is 11.3 Å². The summed E-state index contributed by atoms with van der Waals surface area (Å²) in [6.07, 6.45) is 6.15. The Labute approximate surface area is 149 Å².